The molecule has 38 heavy (non-hydrogen) atoms. The van der Waals surface area contributed by atoms with E-state index in [-0.39, 0.29) is 17.7 Å². The van der Waals surface area contributed by atoms with E-state index in [4.69, 9.17) is 0 Å². The maximum absolute atomic E-state index is 13.4. The Bertz CT molecular complexity index is 1140. The predicted octanol–water partition coefficient (Wildman–Crippen LogP) is 3.82. The Balaban J connectivity index is 1.70. The molecule has 2 aromatic carbocycles. The average Bonchev–Trinajstić information content (AvgIpc) is 3.36. The summed E-state index contributed by atoms with van der Waals surface area (Å²) >= 11 is 0. The largest absolute Gasteiger partial charge is 0.351 e. The van der Waals surface area contributed by atoms with Crippen molar-refractivity contribution in [1.29, 1.82) is 0 Å². The number of likely N-dealkylation sites (tertiary alicyclic amines) is 1. The zero-order valence-electron chi connectivity index (χ0n) is 23.5. The fourth-order valence-corrected chi connectivity index (χ4v) is 4.70. The molecule has 2 atom stereocenters. The molecular weight excluding hydrogens is 476 g/mol. The number of benzene rings is 2. The van der Waals surface area contributed by atoms with E-state index in [1.165, 1.54) is 0 Å². The smallest absolute Gasteiger partial charge is 0.243 e. The molecule has 1 heterocycles. The van der Waals surface area contributed by atoms with E-state index < -0.39 is 17.5 Å². The van der Waals surface area contributed by atoms with Crippen LogP contribution in [0.15, 0.2) is 54.6 Å². The van der Waals surface area contributed by atoms with Crippen LogP contribution in [0.2, 0.25) is 0 Å². The minimum atomic E-state index is -0.747. The molecule has 1 aliphatic rings. The van der Waals surface area contributed by atoms with E-state index >= 15 is 0 Å². The van der Waals surface area contributed by atoms with Gasteiger partial charge in [0.15, 0.2) is 0 Å². The summed E-state index contributed by atoms with van der Waals surface area (Å²) < 4.78 is 0. The second-order valence-corrected chi connectivity index (χ2v) is 11.6. The molecule has 2 aromatic rings. The number of fused-ring (bicyclic) bond motifs is 1. The highest BCUT2D eigenvalue weighted by Crippen LogP contribution is 2.26. The van der Waals surface area contributed by atoms with Crippen molar-refractivity contribution in [3.05, 3.63) is 60.2 Å². The highest BCUT2D eigenvalue weighted by molar-refractivity contribution is 5.93. The quantitative estimate of drug-likeness (QED) is 0.310. The standard InChI is InChI=1S/C31H44N4O3/c1-22(2)21-32-16-8-9-17-33-28(36)26(20-23-14-15-24-11-6-7-12-25(24)19-23)34-29(37)27-13-10-18-35(27)30(38)31(3,4)5/h6-9,11-12,14-15,19,22,26-27,32H,10,13,16-18,20-21H2,1-5H3,(H,33,36)(H,34,37)/b9-8+/t26-,27?/m1/s1. The second-order valence-electron chi connectivity index (χ2n) is 11.6. The van der Waals surface area contributed by atoms with Crippen LogP contribution in [0.1, 0.15) is 53.0 Å². The SMILES string of the molecule is CC(C)CNC/C=C/CNC(=O)[C@@H](Cc1ccc2ccccc2c1)NC(=O)C1CCCN1C(=O)C(C)(C)C. The van der Waals surface area contributed by atoms with Gasteiger partial charge in [-0.3, -0.25) is 14.4 Å². The van der Waals surface area contributed by atoms with Gasteiger partial charge in [0.05, 0.1) is 0 Å². The molecule has 0 radical (unpaired) electrons. The molecule has 0 aromatic heterocycles. The summed E-state index contributed by atoms with van der Waals surface area (Å²) in [6, 6.07) is 12.9. The average molecular weight is 521 g/mol. The number of rotatable bonds is 11. The van der Waals surface area contributed by atoms with Crippen molar-refractivity contribution in [3.63, 3.8) is 0 Å². The molecule has 7 nitrogen and oxygen atoms in total. The van der Waals surface area contributed by atoms with Gasteiger partial charge in [-0.1, -0.05) is 89.2 Å². The third-order valence-electron chi connectivity index (χ3n) is 6.72. The van der Waals surface area contributed by atoms with Crippen LogP contribution < -0.4 is 16.0 Å². The first-order valence-electron chi connectivity index (χ1n) is 13.8. The fourth-order valence-electron chi connectivity index (χ4n) is 4.70. The summed E-state index contributed by atoms with van der Waals surface area (Å²) in [4.78, 5) is 41.3. The first kappa shape index (κ1) is 29.4. The molecule has 206 valence electrons. The van der Waals surface area contributed by atoms with Gasteiger partial charge in [0.2, 0.25) is 17.7 Å². The Morgan fingerprint density at radius 1 is 1.03 bits per heavy atom. The van der Waals surface area contributed by atoms with Crippen LogP contribution in [0.4, 0.5) is 0 Å². The van der Waals surface area contributed by atoms with Crippen LogP contribution >= 0.6 is 0 Å². The number of hydrogen-bond acceptors (Lipinski definition) is 4. The van der Waals surface area contributed by atoms with Crippen LogP contribution in [-0.2, 0) is 20.8 Å². The van der Waals surface area contributed by atoms with Crippen molar-refractivity contribution in [3.8, 4) is 0 Å². The van der Waals surface area contributed by atoms with E-state index in [9.17, 15) is 14.4 Å². The van der Waals surface area contributed by atoms with E-state index in [1.807, 2.05) is 69.3 Å². The highest BCUT2D eigenvalue weighted by atomic mass is 16.2. The van der Waals surface area contributed by atoms with Crippen LogP contribution in [0.25, 0.3) is 10.8 Å². The summed E-state index contributed by atoms with van der Waals surface area (Å²) in [6.45, 7) is 12.5. The van der Waals surface area contributed by atoms with Gasteiger partial charge in [-0.2, -0.15) is 0 Å². The lowest BCUT2D eigenvalue weighted by molar-refractivity contribution is -0.145. The summed E-state index contributed by atoms with van der Waals surface area (Å²) in [7, 11) is 0. The molecule has 0 saturated carbocycles. The minimum absolute atomic E-state index is 0.0399. The van der Waals surface area contributed by atoms with Crippen LogP contribution in [0.5, 0.6) is 0 Å². The van der Waals surface area contributed by atoms with E-state index in [0.29, 0.717) is 31.8 Å². The zero-order chi connectivity index (χ0) is 27.7. The topological polar surface area (TPSA) is 90.5 Å². The zero-order valence-corrected chi connectivity index (χ0v) is 23.5. The molecule has 3 rings (SSSR count). The first-order chi connectivity index (χ1) is 18.1. The van der Waals surface area contributed by atoms with Gasteiger partial charge in [-0.25, -0.2) is 0 Å². The van der Waals surface area contributed by atoms with Gasteiger partial charge < -0.3 is 20.9 Å². The number of nitrogens with one attached hydrogen (secondary N) is 3. The minimum Gasteiger partial charge on any atom is -0.351 e. The van der Waals surface area contributed by atoms with Gasteiger partial charge in [0, 0.05) is 31.5 Å². The van der Waals surface area contributed by atoms with Crippen molar-refractivity contribution in [2.45, 2.75) is 66.0 Å². The number of hydrogen-bond donors (Lipinski definition) is 3. The number of carbonyl (C=O) groups is 3. The lowest BCUT2D eigenvalue weighted by atomic mass is 9.94. The van der Waals surface area contributed by atoms with E-state index in [1.54, 1.807) is 4.90 Å². The molecule has 0 bridgehead atoms. The Morgan fingerprint density at radius 3 is 2.45 bits per heavy atom. The normalized spacial score (nSPS) is 16.8. The molecule has 7 heteroatoms. The fraction of sp³-hybridized carbons (Fsp3) is 0.516. The van der Waals surface area contributed by atoms with Gasteiger partial charge in [-0.05, 0) is 41.6 Å². The summed E-state index contributed by atoms with van der Waals surface area (Å²) in [5.41, 5.74) is 0.396. The molecule has 3 N–H and O–H groups in total. The van der Waals surface area contributed by atoms with Crippen molar-refractivity contribution in [2.24, 2.45) is 11.3 Å². The molecule has 1 saturated heterocycles. The Morgan fingerprint density at radius 2 is 1.74 bits per heavy atom. The van der Waals surface area contributed by atoms with Crippen LogP contribution in [0, 0.1) is 11.3 Å². The molecule has 0 spiro atoms. The molecule has 3 amide bonds. The molecule has 1 unspecified atom stereocenters. The Kier molecular flexibility index (Phi) is 10.5. The molecule has 1 aliphatic heterocycles. The Labute approximate surface area is 227 Å². The number of amides is 3. The van der Waals surface area contributed by atoms with E-state index in [0.717, 1.165) is 35.8 Å². The maximum Gasteiger partial charge on any atom is 0.243 e. The summed E-state index contributed by atoms with van der Waals surface area (Å²) in [6.07, 6.45) is 5.65. The lowest BCUT2D eigenvalue weighted by Gasteiger charge is -2.31. The molecular formula is C31H44N4O3. The van der Waals surface area contributed by atoms with Crippen LogP contribution in [-0.4, -0.2) is 60.9 Å². The van der Waals surface area contributed by atoms with Gasteiger partial charge in [0.25, 0.3) is 0 Å². The van der Waals surface area contributed by atoms with Gasteiger partial charge >= 0.3 is 0 Å². The molecule has 1 fully saturated rings. The predicted molar refractivity (Wildman–Crippen MR) is 154 cm³/mol. The maximum atomic E-state index is 13.4. The van der Waals surface area contributed by atoms with Gasteiger partial charge in [0.1, 0.15) is 12.1 Å². The Hall–Kier alpha value is -3.19. The van der Waals surface area contributed by atoms with Crippen molar-refractivity contribution in [1.82, 2.24) is 20.9 Å². The van der Waals surface area contributed by atoms with Crippen molar-refractivity contribution in [2.75, 3.05) is 26.2 Å². The van der Waals surface area contributed by atoms with Crippen molar-refractivity contribution < 1.29 is 14.4 Å². The first-order valence-corrected chi connectivity index (χ1v) is 13.8. The highest BCUT2D eigenvalue weighted by Gasteiger charge is 2.39. The third-order valence-corrected chi connectivity index (χ3v) is 6.72. The number of carbonyl (C=O) groups excluding carboxylic acids is 3. The molecule has 0 aliphatic carbocycles. The van der Waals surface area contributed by atoms with Crippen molar-refractivity contribution >= 4 is 28.5 Å². The van der Waals surface area contributed by atoms with Crippen LogP contribution in [0.3, 0.4) is 0 Å². The summed E-state index contributed by atoms with van der Waals surface area (Å²) in [5, 5.41) is 11.5. The van der Waals surface area contributed by atoms with Gasteiger partial charge in [-0.15, -0.1) is 0 Å². The lowest BCUT2D eigenvalue weighted by Crippen LogP contribution is -2.55. The monoisotopic (exact) mass is 520 g/mol. The van der Waals surface area contributed by atoms with E-state index in [2.05, 4.69) is 35.9 Å². The number of nitrogens with zero attached hydrogens (tertiary/aromatic N) is 1. The third kappa shape index (κ3) is 8.42. The summed E-state index contributed by atoms with van der Waals surface area (Å²) in [5.74, 6) is 0.0337. The second kappa shape index (κ2) is 13.6.